The largest absolute Gasteiger partial charge is 0.391 e. The van der Waals surface area contributed by atoms with Crippen molar-refractivity contribution >= 4 is 41.4 Å². The predicted octanol–water partition coefficient (Wildman–Crippen LogP) is -5.74. The van der Waals surface area contributed by atoms with Crippen molar-refractivity contribution in [1.29, 1.82) is 0 Å². The number of nitrogens with two attached hydrogens (primary N) is 1. The van der Waals surface area contributed by atoms with Gasteiger partial charge < -0.3 is 96.3 Å². The topological polar surface area (TPSA) is 428 Å². The van der Waals surface area contributed by atoms with E-state index in [0.29, 0.717) is 64.6 Å². The third-order valence-corrected chi connectivity index (χ3v) is 10.9. The maximum absolute atomic E-state index is 12.8. The Hall–Kier alpha value is -4.31. The lowest BCUT2D eigenvalue weighted by molar-refractivity contribution is -0.211. The number of aliphatic hydroxyl groups is 6. The van der Waals surface area contributed by atoms with E-state index in [4.69, 9.17) is 44.5 Å². The summed E-state index contributed by atoms with van der Waals surface area (Å²) in [7, 11) is 0. The highest BCUT2D eigenvalue weighted by Gasteiger charge is 2.38. The van der Waals surface area contributed by atoms with E-state index in [9.17, 15) is 54.0 Å². The van der Waals surface area contributed by atoms with Crippen LogP contribution < -0.4 is 48.4 Å². The van der Waals surface area contributed by atoms with Gasteiger partial charge in [-0.2, -0.15) is 0 Å². The van der Waals surface area contributed by atoms with Crippen LogP contribution in [-0.4, -0.2) is 233 Å². The van der Waals surface area contributed by atoms with Crippen LogP contribution in [0.5, 0.6) is 0 Å². The van der Waals surface area contributed by atoms with E-state index < -0.39 is 67.5 Å². The van der Waals surface area contributed by atoms with Crippen molar-refractivity contribution in [2.24, 2.45) is 5.90 Å². The summed E-state index contributed by atoms with van der Waals surface area (Å²) in [6, 6.07) is -1.08. The molecule has 1 fully saturated rings. The van der Waals surface area contributed by atoms with Crippen molar-refractivity contribution in [3.05, 3.63) is 0 Å². The van der Waals surface area contributed by atoms with Gasteiger partial charge in [0.05, 0.1) is 71.8 Å². The fraction of sp³-hybridized carbons (Fsp3) is 0.848. The van der Waals surface area contributed by atoms with Crippen LogP contribution in [0.1, 0.15) is 90.4 Å². The van der Waals surface area contributed by atoms with Crippen LogP contribution in [-0.2, 0) is 66.8 Å². The average molecular weight is 1090 g/mol. The maximum Gasteiger partial charge on any atom is 0.248 e. The molecule has 5 unspecified atom stereocenters. The Morgan fingerprint density at radius 2 is 1.09 bits per heavy atom. The monoisotopic (exact) mass is 1090 g/mol. The van der Waals surface area contributed by atoms with Crippen LogP contribution in [0.4, 0.5) is 0 Å². The first-order valence-corrected chi connectivity index (χ1v) is 25.5. The zero-order valence-corrected chi connectivity index (χ0v) is 43.4. The summed E-state index contributed by atoms with van der Waals surface area (Å²) in [6.07, 6.45) is -2.66. The molecule has 7 amide bonds. The minimum absolute atomic E-state index is 0.0183. The number of hydrogen-bond donors (Lipinski definition) is 15. The van der Waals surface area contributed by atoms with Gasteiger partial charge in [-0.05, 0) is 51.5 Å². The molecule has 1 saturated heterocycles. The second-order valence-electron chi connectivity index (χ2n) is 17.7. The molecule has 29 heteroatoms. The van der Waals surface area contributed by atoms with Crippen molar-refractivity contribution in [2.45, 2.75) is 133 Å². The normalized spacial score (nSPS) is 18.9. The Morgan fingerprint density at radius 3 is 1.55 bits per heavy atom. The van der Waals surface area contributed by atoms with Gasteiger partial charge in [0.1, 0.15) is 24.3 Å². The summed E-state index contributed by atoms with van der Waals surface area (Å²) in [5.41, 5.74) is -1.40. The minimum Gasteiger partial charge on any atom is -0.391 e. The molecule has 0 aromatic carbocycles. The van der Waals surface area contributed by atoms with Crippen molar-refractivity contribution in [2.75, 3.05) is 119 Å². The van der Waals surface area contributed by atoms with Gasteiger partial charge >= 0.3 is 0 Å². The second kappa shape index (κ2) is 43.8. The van der Waals surface area contributed by atoms with Crippen LogP contribution in [0, 0.1) is 0 Å². The number of nitrogens with one attached hydrogen (secondary N) is 8. The van der Waals surface area contributed by atoms with Gasteiger partial charge in [-0.3, -0.25) is 43.7 Å². The zero-order chi connectivity index (χ0) is 55.5. The highest BCUT2D eigenvalue weighted by molar-refractivity contribution is 5.79. The number of carbonyl (C=O) groups is 7. The molecule has 1 aliphatic rings. The van der Waals surface area contributed by atoms with Crippen molar-refractivity contribution in [3.8, 4) is 0 Å². The lowest BCUT2D eigenvalue weighted by Crippen LogP contribution is -2.59. The standard InChI is InChI=1S/C46H87N9O20/c1-33(58)54-43-44(68)35(60)25-34(59)27-74-45(43)73-21-5-3-10-37(62)50-17-8-19-53-40(65)13-24-71-31-46(55-41(66)28-75-47,29-69-22-11-38(63)51-15-6-14-48-32-57)30-70-23-12-39(64)52-18-7-16-49-36(61)9-2-4-20-72-42(67)26-56/h34-35,42-45,48,56-57,59-60,67-68H,2-32,47H2,1H3,(H,49,61)(H,50,62)(H,51,63)(H,52,64)(H,53,65)(H,54,58)(H,55,66)/t34?,35-,42?,43?,44?,45+,46?/m0/s1. The molecule has 1 rings (SSSR count). The number of rotatable bonds is 45. The van der Waals surface area contributed by atoms with Crippen LogP contribution in [0.25, 0.3) is 0 Å². The molecule has 0 saturated carbocycles. The molecule has 1 heterocycles. The van der Waals surface area contributed by atoms with Crippen LogP contribution in [0.2, 0.25) is 0 Å². The summed E-state index contributed by atoms with van der Waals surface area (Å²) in [5, 5.41) is 79.3. The van der Waals surface area contributed by atoms with E-state index >= 15 is 0 Å². The summed E-state index contributed by atoms with van der Waals surface area (Å²) in [4.78, 5) is 91.1. The van der Waals surface area contributed by atoms with Gasteiger partial charge in [0, 0.05) is 91.4 Å². The van der Waals surface area contributed by atoms with E-state index in [1.165, 1.54) is 6.92 Å². The number of unbranched alkanes of at least 4 members (excludes halogenated alkanes) is 2. The number of hydrogen-bond acceptors (Lipinski definition) is 22. The van der Waals surface area contributed by atoms with E-state index in [2.05, 4.69) is 47.4 Å². The fourth-order valence-corrected chi connectivity index (χ4v) is 6.97. The number of aliphatic hydroxyl groups excluding tert-OH is 6. The quantitative estimate of drug-likeness (QED) is 0.0153. The first kappa shape index (κ1) is 68.7. The Bertz CT molecular complexity index is 1590. The molecular weight excluding hydrogens is 999 g/mol. The predicted molar refractivity (Wildman–Crippen MR) is 264 cm³/mol. The highest BCUT2D eigenvalue weighted by atomic mass is 16.7. The third kappa shape index (κ3) is 36.4. The highest BCUT2D eigenvalue weighted by Crippen LogP contribution is 2.18. The molecular formula is C46H87N9O20. The molecule has 0 aliphatic carbocycles. The van der Waals surface area contributed by atoms with E-state index in [1.54, 1.807) is 0 Å². The molecule has 0 spiro atoms. The maximum atomic E-state index is 12.8. The van der Waals surface area contributed by atoms with Crippen molar-refractivity contribution < 1.29 is 97.5 Å². The molecule has 75 heavy (non-hydrogen) atoms. The minimum atomic E-state index is -1.45. The van der Waals surface area contributed by atoms with Crippen LogP contribution in [0.3, 0.4) is 0 Å². The lowest BCUT2D eigenvalue weighted by atomic mass is 9.98. The van der Waals surface area contributed by atoms with Crippen molar-refractivity contribution in [3.63, 3.8) is 0 Å². The van der Waals surface area contributed by atoms with E-state index in [0.717, 1.165) is 0 Å². The molecule has 436 valence electrons. The molecule has 0 aromatic rings. The summed E-state index contributed by atoms with van der Waals surface area (Å²) < 4.78 is 33.7. The number of amides is 7. The Labute approximate surface area is 438 Å². The molecule has 16 N–H and O–H groups in total. The molecule has 7 atom stereocenters. The van der Waals surface area contributed by atoms with E-state index in [-0.39, 0.29) is 154 Å². The molecule has 1 aliphatic heterocycles. The number of ether oxygens (including phenoxy) is 6. The number of carbonyl (C=O) groups excluding carboxylic acids is 7. The summed E-state index contributed by atoms with van der Waals surface area (Å²) in [5.74, 6) is 2.65. The second-order valence-corrected chi connectivity index (χ2v) is 17.7. The average Bonchev–Trinajstić information content (AvgIpc) is 3.37. The smallest absolute Gasteiger partial charge is 0.248 e. The molecule has 0 aromatic heterocycles. The first-order chi connectivity index (χ1) is 36.0. The van der Waals surface area contributed by atoms with Gasteiger partial charge in [-0.1, -0.05) is 0 Å². The summed E-state index contributed by atoms with van der Waals surface area (Å²) in [6.45, 7) is 1.25. The lowest BCUT2D eigenvalue weighted by Gasteiger charge is -2.36. The Morgan fingerprint density at radius 1 is 0.627 bits per heavy atom. The zero-order valence-electron chi connectivity index (χ0n) is 43.4. The summed E-state index contributed by atoms with van der Waals surface area (Å²) >= 11 is 0. The van der Waals surface area contributed by atoms with Crippen molar-refractivity contribution in [1.82, 2.24) is 42.5 Å². The third-order valence-electron chi connectivity index (χ3n) is 10.9. The Balaban J connectivity index is 2.59. The van der Waals surface area contributed by atoms with Gasteiger partial charge in [-0.25, -0.2) is 5.90 Å². The van der Waals surface area contributed by atoms with Crippen LogP contribution in [0.15, 0.2) is 0 Å². The van der Waals surface area contributed by atoms with E-state index in [1.807, 2.05) is 0 Å². The molecule has 29 nitrogen and oxygen atoms in total. The van der Waals surface area contributed by atoms with Crippen LogP contribution >= 0.6 is 0 Å². The fourth-order valence-electron chi connectivity index (χ4n) is 6.97. The van der Waals surface area contributed by atoms with Gasteiger partial charge in [-0.15, -0.1) is 0 Å². The van der Waals surface area contributed by atoms with Gasteiger partial charge in [0.25, 0.3) is 0 Å². The SMILES string of the molecule is CC(=O)NC1C(O)[C@@H](O)CC(O)CO[C@H]1OCCCCC(=O)NCCCNC(=O)CCOCC(COCCC(=O)NCCCNCO)(COCCC(=O)NCCCNC(=O)CCCCOC(O)CO)NC(=O)CON. The molecule has 0 radical (unpaired) electrons. The molecule has 0 bridgehead atoms. The van der Waals surface area contributed by atoms with Gasteiger partial charge in [0.15, 0.2) is 12.6 Å². The first-order valence-electron chi connectivity index (χ1n) is 25.5. The van der Waals surface area contributed by atoms with Gasteiger partial charge in [0.2, 0.25) is 41.4 Å². The Kier molecular flexibility index (Phi) is 40.1.